The number of carbonyl (C=O) groups excluding carboxylic acids is 1. The molecule has 1 aromatic rings. The fraction of sp³-hybridized carbons (Fsp3) is 0.500. The second kappa shape index (κ2) is 6.56. The lowest BCUT2D eigenvalue weighted by molar-refractivity contribution is -0.130. The molecular formula is C12H15ClN2O3. The Labute approximate surface area is 110 Å². The number of ether oxygens (including phenoxy) is 2. The van der Waals surface area contributed by atoms with E-state index in [9.17, 15) is 4.79 Å². The number of hydrogen-bond donors (Lipinski definition) is 1. The van der Waals surface area contributed by atoms with E-state index in [0.717, 1.165) is 12.8 Å². The third-order valence-electron chi connectivity index (χ3n) is 2.57. The van der Waals surface area contributed by atoms with Crippen molar-refractivity contribution in [3.63, 3.8) is 0 Å². The van der Waals surface area contributed by atoms with Crippen molar-refractivity contribution in [3.8, 4) is 5.88 Å². The SMILES string of the molecule is O=C(NCCOc1ccc(Cl)cn1)[C@@H]1CCCO1. The second-order valence-electron chi connectivity index (χ2n) is 3.96. The van der Waals surface area contributed by atoms with Crippen LogP contribution in [0.4, 0.5) is 0 Å². The fourth-order valence-corrected chi connectivity index (χ4v) is 1.79. The van der Waals surface area contributed by atoms with E-state index in [2.05, 4.69) is 10.3 Å². The molecule has 1 saturated heterocycles. The fourth-order valence-electron chi connectivity index (χ4n) is 1.68. The Morgan fingerprint density at radius 2 is 2.50 bits per heavy atom. The first-order chi connectivity index (χ1) is 8.75. The second-order valence-corrected chi connectivity index (χ2v) is 4.39. The van der Waals surface area contributed by atoms with E-state index in [4.69, 9.17) is 21.1 Å². The van der Waals surface area contributed by atoms with Crippen LogP contribution in [0.25, 0.3) is 0 Å². The van der Waals surface area contributed by atoms with Gasteiger partial charge in [-0.05, 0) is 18.9 Å². The highest BCUT2D eigenvalue weighted by atomic mass is 35.5. The maximum atomic E-state index is 11.6. The van der Waals surface area contributed by atoms with Crippen LogP contribution < -0.4 is 10.1 Å². The van der Waals surface area contributed by atoms with Crippen molar-refractivity contribution in [2.75, 3.05) is 19.8 Å². The van der Waals surface area contributed by atoms with Crippen LogP contribution >= 0.6 is 11.6 Å². The van der Waals surface area contributed by atoms with Crippen molar-refractivity contribution >= 4 is 17.5 Å². The van der Waals surface area contributed by atoms with Crippen LogP contribution in [0.1, 0.15) is 12.8 Å². The molecule has 1 aliphatic heterocycles. The van der Waals surface area contributed by atoms with Crippen LogP contribution in [0.2, 0.25) is 5.02 Å². The molecule has 1 amide bonds. The highest BCUT2D eigenvalue weighted by Gasteiger charge is 2.22. The van der Waals surface area contributed by atoms with Crippen LogP contribution in [-0.4, -0.2) is 36.8 Å². The Hall–Kier alpha value is -1.33. The zero-order valence-electron chi connectivity index (χ0n) is 9.89. The van der Waals surface area contributed by atoms with E-state index in [0.29, 0.717) is 30.7 Å². The summed E-state index contributed by atoms with van der Waals surface area (Å²) in [6.45, 7) is 1.47. The zero-order chi connectivity index (χ0) is 12.8. The minimum Gasteiger partial charge on any atom is -0.476 e. The minimum absolute atomic E-state index is 0.0693. The number of aromatic nitrogens is 1. The Balaban J connectivity index is 1.63. The average Bonchev–Trinajstić information content (AvgIpc) is 2.90. The lowest BCUT2D eigenvalue weighted by atomic mass is 10.2. The number of pyridine rings is 1. The highest BCUT2D eigenvalue weighted by Crippen LogP contribution is 2.12. The number of rotatable bonds is 5. The molecule has 1 atom stereocenters. The standard InChI is InChI=1S/C12H15ClN2O3/c13-9-3-4-11(15-8-9)18-7-5-14-12(16)10-2-1-6-17-10/h3-4,8,10H,1-2,5-7H2,(H,14,16)/t10-/m0/s1. The summed E-state index contributed by atoms with van der Waals surface area (Å²) in [5.41, 5.74) is 0. The van der Waals surface area contributed by atoms with Crippen molar-refractivity contribution in [2.45, 2.75) is 18.9 Å². The van der Waals surface area contributed by atoms with Crippen LogP contribution in [0.15, 0.2) is 18.3 Å². The molecule has 2 heterocycles. The molecule has 0 radical (unpaired) electrons. The van der Waals surface area contributed by atoms with E-state index in [-0.39, 0.29) is 12.0 Å². The van der Waals surface area contributed by atoms with Gasteiger partial charge in [0.05, 0.1) is 11.6 Å². The van der Waals surface area contributed by atoms with Crippen LogP contribution in [0.5, 0.6) is 5.88 Å². The van der Waals surface area contributed by atoms with Crippen LogP contribution in [0.3, 0.4) is 0 Å². The molecule has 0 aromatic carbocycles. The van der Waals surface area contributed by atoms with Gasteiger partial charge in [-0.3, -0.25) is 4.79 Å². The van der Waals surface area contributed by atoms with Gasteiger partial charge in [-0.15, -0.1) is 0 Å². The van der Waals surface area contributed by atoms with Crippen molar-refractivity contribution in [1.29, 1.82) is 0 Å². The lowest BCUT2D eigenvalue weighted by Crippen LogP contribution is -2.36. The van der Waals surface area contributed by atoms with Crippen molar-refractivity contribution in [3.05, 3.63) is 23.4 Å². The average molecular weight is 271 g/mol. The molecule has 0 spiro atoms. The molecule has 1 N–H and O–H groups in total. The quantitative estimate of drug-likeness (QED) is 0.822. The molecule has 5 nitrogen and oxygen atoms in total. The Kier molecular flexibility index (Phi) is 4.78. The maximum absolute atomic E-state index is 11.6. The molecular weight excluding hydrogens is 256 g/mol. The summed E-state index contributed by atoms with van der Waals surface area (Å²) in [6, 6.07) is 3.39. The number of hydrogen-bond acceptors (Lipinski definition) is 4. The summed E-state index contributed by atoms with van der Waals surface area (Å²) in [5.74, 6) is 0.422. The third kappa shape index (κ3) is 3.85. The summed E-state index contributed by atoms with van der Waals surface area (Å²) in [6.07, 6.45) is 2.97. The molecule has 1 fully saturated rings. The van der Waals surface area contributed by atoms with Crippen LogP contribution in [0, 0.1) is 0 Å². The number of nitrogens with zero attached hydrogens (tertiary/aromatic N) is 1. The van der Waals surface area contributed by atoms with Gasteiger partial charge in [-0.1, -0.05) is 11.6 Å². The zero-order valence-corrected chi connectivity index (χ0v) is 10.7. The van der Waals surface area contributed by atoms with E-state index >= 15 is 0 Å². The van der Waals surface area contributed by atoms with Gasteiger partial charge in [-0.2, -0.15) is 0 Å². The third-order valence-corrected chi connectivity index (χ3v) is 2.80. The highest BCUT2D eigenvalue weighted by molar-refractivity contribution is 6.30. The monoisotopic (exact) mass is 270 g/mol. The molecule has 98 valence electrons. The van der Waals surface area contributed by atoms with Gasteiger partial charge in [0, 0.05) is 18.9 Å². The number of amides is 1. The number of nitrogens with one attached hydrogen (secondary N) is 1. The van der Waals surface area contributed by atoms with Crippen molar-refractivity contribution in [1.82, 2.24) is 10.3 Å². The summed E-state index contributed by atoms with van der Waals surface area (Å²) < 4.78 is 10.6. The number of halogens is 1. The first kappa shape index (κ1) is 13.1. The summed E-state index contributed by atoms with van der Waals surface area (Å²) in [4.78, 5) is 15.6. The van der Waals surface area contributed by atoms with Gasteiger partial charge >= 0.3 is 0 Å². The molecule has 2 rings (SSSR count). The topological polar surface area (TPSA) is 60.5 Å². The molecule has 6 heteroatoms. The maximum Gasteiger partial charge on any atom is 0.249 e. The predicted molar refractivity (Wildman–Crippen MR) is 66.7 cm³/mol. The molecule has 0 saturated carbocycles. The molecule has 0 aliphatic carbocycles. The van der Waals surface area contributed by atoms with Gasteiger partial charge < -0.3 is 14.8 Å². The minimum atomic E-state index is -0.293. The lowest BCUT2D eigenvalue weighted by Gasteiger charge is -2.10. The molecule has 0 unspecified atom stereocenters. The smallest absolute Gasteiger partial charge is 0.249 e. The summed E-state index contributed by atoms with van der Waals surface area (Å²) >= 11 is 5.70. The van der Waals surface area contributed by atoms with Crippen molar-refractivity contribution < 1.29 is 14.3 Å². The first-order valence-electron chi connectivity index (χ1n) is 5.89. The van der Waals surface area contributed by atoms with Gasteiger partial charge in [0.1, 0.15) is 12.7 Å². The molecule has 1 aliphatic rings. The van der Waals surface area contributed by atoms with E-state index in [1.807, 2.05) is 0 Å². The van der Waals surface area contributed by atoms with E-state index in [1.54, 1.807) is 12.1 Å². The van der Waals surface area contributed by atoms with Gasteiger partial charge in [0.25, 0.3) is 0 Å². The van der Waals surface area contributed by atoms with Crippen molar-refractivity contribution in [2.24, 2.45) is 0 Å². The Bertz CT molecular complexity index is 391. The van der Waals surface area contributed by atoms with E-state index < -0.39 is 0 Å². The predicted octanol–water partition coefficient (Wildman–Crippen LogP) is 1.41. The van der Waals surface area contributed by atoms with Gasteiger partial charge in [0.2, 0.25) is 11.8 Å². The largest absolute Gasteiger partial charge is 0.476 e. The Morgan fingerprint density at radius 3 is 3.17 bits per heavy atom. The van der Waals surface area contributed by atoms with E-state index in [1.165, 1.54) is 6.20 Å². The first-order valence-corrected chi connectivity index (χ1v) is 6.27. The molecule has 18 heavy (non-hydrogen) atoms. The summed E-state index contributed by atoms with van der Waals surface area (Å²) in [5, 5.41) is 3.33. The molecule has 1 aromatic heterocycles. The number of carbonyl (C=O) groups is 1. The normalized spacial score (nSPS) is 18.6. The van der Waals surface area contributed by atoms with Crippen LogP contribution in [-0.2, 0) is 9.53 Å². The van der Waals surface area contributed by atoms with Gasteiger partial charge in [-0.25, -0.2) is 4.98 Å². The molecule has 0 bridgehead atoms. The summed E-state index contributed by atoms with van der Waals surface area (Å²) in [7, 11) is 0. The Morgan fingerprint density at radius 1 is 1.61 bits per heavy atom. The van der Waals surface area contributed by atoms with Gasteiger partial charge in [0.15, 0.2) is 0 Å².